The van der Waals surface area contributed by atoms with Crippen LogP contribution in [0.15, 0.2) is 57.8 Å². The SMILES string of the molecule is Cc1cccc(OCCCSc2nc3scc(-c4ccc5c(c4)CCCC5)c3c(=O)[nH]2)c1. The average molecular weight is 463 g/mol. The van der Waals surface area contributed by atoms with Crippen molar-refractivity contribution in [1.82, 2.24) is 9.97 Å². The minimum atomic E-state index is -0.0533. The normalized spacial score (nSPS) is 13.3. The predicted molar refractivity (Wildman–Crippen MR) is 134 cm³/mol. The first-order valence-electron chi connectivity index (χ1n) is 11.1. The largest absolute Gasteiger partial charge is 0.494 e. The van der Waals surface area contributed by atoms with Crippen molar-refractivity contribution in [3.05, 3.63) is 74.9 Å². The van der Waals surface area contributed by atoms with E-state index in [0.717, 1.165) is 40.3 Å². The number of ether oxygens (including phenoxy) is 1. The van der Waals surface area contributed by atoms with E-state index in [4.69, 9.17) is 9.72 Å². The third-order valence-corrected chi connectivity index (χ3v) is 7.70. The summed E-state index contributed by atoms with van der Waals surface area (Å²) in [5, 5.41) is 3.46. The highest BCUT2D eigenvalue weighted by Gasteiger charge is 2.16. The summed E-state index contributed by atoms with van der Waals surface area (Å²) in [5.41, 5.74) is 6.14. The van der Waals surface area contributed by atoms with Gasteiger partial charge in [0.25, 0.3) is 5.56 Å². The summed E-state index contributed by atoms with van der Waals surface area (Å²) in [6.07, 6.45) is 5.70. The Morgan fingerprint density at radius 1 is 1.12 bits per heavy atom. The highest BCUT2D eigenvalue weighted by atomic mass is 32.2. The second-order valence-corrected chi connectivity index (χ2v) is 10.2. The zero-order chi connectivity index (χ0) is 21.9. The van der Waals surface area contributed by atoms with Crippen molar-refractivity contribution in [1.29, 1.82) is 0 Å². The molecule has 1 aliphatic rings. The molecule has 0 spiro atoms. The van der Waals surface area contributed by atoms with Gasteiger partial charge in [-0.1, -0.05) is 42.1 Å². The number of nitrogens with one attached hydrogen (secondary N) is 1. The molecule has 2 heterocycles. The predicted octanol–water partition coefficient (Wildman–Crippen LogP) is 6.40. The third kappa shape index (κ3) is 4.62. The molecule has 0 saturated heterocycles. The number of aromatic amines is 1. The average Bonchev–Trinajstić information content (AvgIpc) is 3.23. The van der Waals surface area contributed by atoms with E-state index in [1.54, 1.807) is 23.1 Å². The van der Waals surface area contributed by atoms with E-state index >= 15 is 0 Å². The molecule has 4 nitrogen and oxygen atoms in total. The van der Waals surface area contributed by atoms with Crippen molar-refractivity contribution in [2.75, 3.05) is 12.4 Å². The third-order valence-electron chi connectivity index (χ3n) is 5.87. The molecule has 0 bridgehead atoms. The summed E-state index contributed by atoms with van der Waals surface area (Å²) in [6, 6.07) is 14.7. The zero-order valence-electron chi connectivity index (χ0n) is 18.1. The van der Waals surface area contributed by atoms with Crippen LogP contribution >= 0.6 is 23.1 Å². The second kappa shape index (κ2) is 9.51. The highest BCUT2D eigenvalue weighted by molar-refractivity contribution is 7.99. The molecular weight excluding hydrogens is 436 g/mol. The number of thioether (sulfide) groups is 1. The molecular formula is C26H26N2O2S2. The van der Waals surface area contributed by atoms with Crippen molar-refractivity contribution in [3.63, 3.8) is 0 Å². The summed E-state index contributed by atoms with van der Waals surface area (Å²) in [7, 11) is 0. The van der Waals surface area contributed by atoms with E-state index in [2.05, 4.69) is 41.6 Å². The molecule has 0 radical (unpaired) electrons. The fourth-order valence-corrected chi connectivity index (χ4v) is 6.02. The number of aromatic nitrogens is 2. The molecule has 0 amide bonds. The molecule has 2 aromatic heterocycles. The lowest BCUT2D eigenvalue weighted by molar-refractivity contribution is 0.318. The molecule has 0 aliphatic heterocycles. The Balaban J connectivity index is 1.26. The summed E-state index contributed by atoms with van der Waals surface area (Å²) in [5.74, 6) is 1.74. The molecule has 2 aromatic carbocycles. The van der Waals surface area contributed by atoms with Crippen LogP contribution < -0.4 is 10.3 Å². The van der Waals surface area contributed by atoms with Gasteiger partial charge in [0, 0.05) is 16.7 Å². The molecule has 4 aromatic rings. The lowest BCUT2D eigenvalue weighted by Gasteiger charge is -2.16. The standard InChI is InChI=1S/C26H26N2O2S2/c1-17-6-4-9-21(14-17)30-12-5-13-31-26-27-24(29)23-22(16-32-25(23)28-26)20-11-10-18-7-2-3-8-19(18)15-20/h4,6,9-11,14-16H,2-3,5,7-8,12-13H2,1H3,(H,27,28,29). The molecule has 32 heavy (non-hydrogen) atoms. The number of rotatable bonds is 7. The number of H-pyrrole nitrogens is 1. The van der Waals surface area contributed by atoms with Gasteiger partial charge in [-0.2, -0.15) is 0 Å². The number of aryl methyl sites for hydroxylation is 3. The number of thiophene rings is 1. The molecule has 0 fully saturated rings. The van der Waals surface area contributed by atoms with Crippen LogP contribution in [-0.2, 0) is 12.8 Å². The fraction of sp³-hybridized carbons (Fsp3) is 0.308. The Labute approximate surface area is 196 Å². The van der Waals surface area contributed by atoms with E-state index in [1.807, 2.05) is 18.2 Å². The molecule has 0 atom stereocenters. The first kappa shape index (κ1) is 21.3. The van der Waals surface area contributed by atoms with E-state index in [9.17, 15) is 4.79 Å². The first-order valence-corrected chi connectivity index (χ1v) is 13.0. The van der Waals surface area contributed by atoms with Gasteiger partial charge < -0.3 is 9.72 Å². The monoisotopic (exact) mass is 462 g/mol. The molecule has 0 saturated carbocycles. The van der Waals surface area contributed by atoms with E-state index in [1.165, 1.54) is 36.0 Å². The van der Waals surface area contributed by atoms with Crippen LogP contribution in [0.4, 0.5) is 0 Å². The van der Waals surface area contributed by atoms with E-state index in [-0.39, 0.29) is 5.56 Å². The molecule has 0 unspecified atom stereocenters. The smallest absolute Gasteiger partial charge is 0.260 e. The maximum atomic E-state index is 12.9. The maximum Gasteiger partial charge on any atom is 0.260 e. The Morgan fingerprint density at radius 3 is 2.88 bits per heavy atom. The Morgan fingerprint density at radius 2 is 2.00 bits per heavy atom. The number of hydrogen-bond acceptors (Lipinski definition) is 5. The van der Waals surface area contributed by atoms with Gasteiger partial charge in [0.05, 0.1) is 12.0 Å². The van der Waals surface area contributed by atoms with Crippen LogP contribution in [-0.4, -0.2) is 22.3 Å². The van der Waals surface area contributed by atoms with Crippen molar-refractivity contribution >= 4 is 33.3 Å². The van der Waals surface area contributed by atoms with Gasteiger partial charge in [0.1, 0.15) is 10.6 Å². The van der Waals surface area contributed by atoms with Crippen LogP contribution in [0.3, 0.4) is 0 Å². The second-order valence-electron chi connectivity index (χ2n) is 8.26. The van der Waals surface area contributed by atoms with Crippen LogP contribution in [0.1, 0.15) is 36.0 Å². The number of benzene rings is 2. The van der Waals surface area contributed by atoms with E-state index in [0.29, 0.717) is 17.1 Å². The van der Waals surface area contributed by atoms with Gasteiger partial charge >= 0.3 is 0 Å². The number of hydrogen-bond donors (Lipinski definition) is 1. The summed E-state index contributed by atoms with van der Waals surface area (Å²) < 4.78 is 5.81. The fourth-order valence-electron chi connectivity index (χ4n) is 4.23. The van der Waals surface area contributed by atoms with Gasteiger partial charge in [-0.25, -0.2) is 4.98 Å². The first-order chi connectivity index (χ1) is 15.7. The van der Waals surface area contributed by atoms with Gasteiger partial charge in [-0.3, -0.25) is 4.79 Å². The van der Waals surface area contributed by atoms with Crippen LogP contribution in [0.25, 0.3) is 21.3 Å². The van der Waals surface area contributed by atoms with Crippen LogP contribution in [0.5, 0.6) is 5.75 Å². The maximum absolute atomic E-state index is 12.9. The summed E-state index contributed by atoms with van der Waals surface area (Å²) in [6.45, 7) is 2.70. The molecule has 1 aliphatic carbocycles. The minimum absolute atomic E-state index is 0.0533. The lowest BCUT2D eigenvalue weighted by Crippen LogP contribution is -2.09. The Hall–Kier alpha value is -2.57. The summed E-state index contributed by atoms with van der Waals surface area (Å²) in [4.78, 5) is 21.4. The number of fused-ring (bicyclic) bond motifs is 2. The minimum Gasteiger partial charge on any atom is -0.494 e. The lowest BCUT2D eigenvalue weighted by atomic mass is 9.89. The van der Waals surface area contributed by atoms with Crippen LogP contribution in [0.2, 0.25) is 0 Å². The molecule has 1 N–H and O–H groups in total. The van der Waals surface area contributed by atoms with Gasteiger partial charge in [0.2, 0.25) is 0 Å². The van der Waals surface area contributed by atoms with Crippen molar-refractivity contribution in [2.45, 2.75) is 44.2 Å². The van der Waals surface area contributed by atoms with Crippen molar-refractivity contribution in [3.8, 4) is 16.9 Å². The molecule has 5 rings (SSSR count). The van der Waals surface area contributed by atoms with E-state index < -0.39 is 0 Å². The summed E-state index contributed by atoms with van der Waals surface area (Å²) >= 11 is 3.12. The Bertz CT molecular complexity index is 1310. The highest BCUT2D eigenvalue weighted by Crippen LogP contribution is 2.34. The number of nitrogens with zero attached hydrogens (tertiary/aromatic N) is 1. The Kier molecular flexibility index (Phi) is 6.32. The topological polar surface area (TPSA) is 55.0 Å². The quantitative estimate of drug-likeness (QED) is 0.196. The van der Waals surface area contributed by atoms with Crippen LogP contribution in [0, 0.1) is 6.92 Å². The molecule has 6 heteroatoms. The van der Waals surface area contributed by atoms with Gasteiger partial charge in [-0.05, 0) is 73.4 Å². The zero-order valence-corrected chi connectivity index (χ0v) is 19.8. The van der Waals surface area contributed by atoms with Crippen molar-refractivity contribution < 1.29 is 4.74 Å². The van der Waals surface area contributed by atoms with Gasteiger partial charge in [0.15, 0.2) is 5.16 Å². The van der Waals surface area contributed by atoms with Gasteiger partial charge in [-0.15, -0.1) is 11.3 Å². The molecule has 164 valence electrons. The van der Waals surface area contributed by atoms with Crippen molar-refractivity contribution in [2.24, 2.45) is 0 Å².